The summed E-state index contributed by atoms with van der Waals surface area (Å²) in [6, 6.07) is 8.64. The van der Waals surface area contributed by atoms with Gasteiger partial charge in [0, 0.05) is 24.2 Å². The Bertz CT molecular complexity index is 699. The molecule has 1 aliphatic rings. The minimum Gasteiger partial charge on any atom is -0.364 e. The van der Waals surface area contributed by atoms with Gasteiger partial charge in [-0.15, -0.1) is 0 Å². The lowest BCUT2D eigenvalue weighted by Crippen LogP contribution is -2.36. The van der Waals surface area contributed by atoms with Crippen LogP contribution in [-0.4, -0.2) is 34.1 Å². The summed E-state index contributed by atoms with van der Waals surface area (Å²) < 4.78 is 13.4. The van der Waals surface area contributed by atoms with Crippen molar-refractivity contribution in [2.45, 2.75) is 31.7 Å². The van der Waals surface area contributed by atoms with Gasteiger partial charge in [-0.2, -0.15) is 5.10 Å². The number of H-pyrrole nitrogens is 1. The number of nitrogens with one attached hydrogen (secondary N) is 1. The van der Waals surface area contributed by atoms with Crippen molar-refractivity contribution in [3.8, 4) is 0 Å². The highest BCUT2D eigenvalue weighted by molar-refractivity contribution is 5.90. The molecule has 1 fully saturated rings. The predicted octanol–water partition coefficient (Wildman–Crippen LogP) is 2.59. The van der Waals surface area contributed by atoms with Gasteiger partial charge in [0.15, 0.2) is 0 Å². The van der Waals surface area contributed by atoms with E-state index in [-0.39, 0.29) is 23.5 Å². The van der Waals surface area contributed by atoms with Gasteiger partial charge in [-0.05, 0) is 50.1 Å². The molecule has 3 rings (SSSR count). The maximum atomic E-state index is 13.4. The standard InChI is InChI=1S/C17H21FN4O/c1-11(12-4-2-6-14(18)8-12)22-7-3-5-13(10-22)15-9-16(17(19)23)21-20-15/h2,4,6,8-9,11,13H,3,5,7,10H2,1H3,(H2,19,23)(H,20,21)/t11-,13-/m1/s1. The number of amides is 1. The molecule has 1 amide bonds. The molecule has 3 N–H and O–H groups in total. The minimum absolute atomic E-state index is 0.145. The molecule has 1 aromatic carbocycles. The largest absolute Gasteiger partial charge is 0.364 e. The summed E-state index contributed by atoms with van der Waals surface area (Å²) in [4.78, 5) is 13.5. The van der Waals surface area contributed by atoms with Crippen molar-refractivity contribution in [2.75, 3.05) is 13.1 Å². The number of carbonyl (C=O) groups is 1. The van der Waals surface area contributed by atoms with E-state index in [1.165, 1.54) is 6.07 Å². The van der Waals surface area contributed by atoms with Crippen molar-refractivity contribution in [3.63, 3.8) is 0 Å². The number of likely N-dealkylation sites (tertiary alicyclic amines) is 1. The maximum Gasteiger partial charge on any atom is 0.269 e. The molecule has 2 aromatic rings. The summed E-state index contributed by atoms with van der Waals surface area (Å²) in [5.74, 6) is -0.448. The number of aromatic amines is 1. The number of nitrogens with zero attached hydrogens (tertiary/aromatic N) is 2. The number of aromatic nitrogens is 2. The molecule has 2 atom stereocenters. The second kappa shape index (κ2) is 6.50. The van der Waals surface area contributed by atoms with Gasteiger partial charge in [-0.1, -0.05) is 12.1 Å². The Balaban J connectivity index is 1.73. The highest BCUT2D eigenvalue weighted by Gasteiger charge is 2.27. The molecule has 122 valence electrons. The van der Waals surface area contributed by atoms with Gasteiger partial charge in [0.1, 0.15) is 11.5 Å². The molecular formula is C17H21FN4O. The second-order valence-corrected chi connectivity index (χ2v) is 6.14. The van der Waals surface area contributed by atoms with Crippen LogP contribution in [0, 0.1) is 5.82 Å². The Labute approximate surface area is 134 Å². The predicted molar refractivity (Wildman–Crippen MR) is 85.5 cm³/mol. The van der Waals surface area contributed by atoms with Gasteiger partial charge >= 0.3 is 0 Å². The van der Waals surface area contributed by atoms with E-state index in [1.807, 2.05) is 6.07 Å². The summed E-state index contributed by atoms with van der Waals surface area (Å²) in [6.45, 7) is 3.92. The second-order valence-electron chi connectivity index (χ2n) is 6.14. The number of carbonyl (C=O) groups excluding carboxylic acids is 1. The van der Waals surface area contributed by atoms with E-state index in [0.717, 1.165) is 37.2 Å². The van der Waals surface area contributed by atoms with Gasteiger partial charge in [-0.25, -0.2) is 4.39 Å². The number of rotatable bonds is 4. The van der Waals surface area contributed by atoms with E-state index in [0.29, 0.717) is 0 Å². The number of nitrogens with two attached hydrogens (primary N) is 1. The molecule has 0 aliphatic carbocycles. The van der Waals surface area contributed by atoms with Crippen molar-refractivity contribution in [1.82, 2.24) is 15.1 Å². The van der Waals surface area contributed by atoms with Gasteiger partial charge in [-0.3, -0.25) is 14.8 Å². The molecular weight excluding hydrogens is 295 g/mol. The first-order valence-corrected chi connectivity index (χ1v) is 7.89. The third kappa shape index (κ3) is 3.42. The van der Waals surface area contributed by atoms with E-state index >= 15 is 0 Å². The van der Waals surface area contributed by atoms with Crippen LogP contribution in [-0.2, 0) is 0 Å². The lowest BCUT2D eigenvalue weighted by atomic mass is 9.92. The fourth-order valence-electron chi connectivity index (χ4n) is 3.26. The maximum absolute atomic E-state index is 13.4. The van der Waals surface area contributed by atoms with Gasteiger partial charge in [0.25, 0.3) is 5.91 Å². The zero-order valence-corrected chi connectivity index (χ0v) is 13.1. The van der Waals surface area contributed by atoms with Crippen LogP contribution in [0.3, 0.4) is 0 Å². The van der Waals surface area contributed by atoms with Crippen LogP contribution in [0.1, 0.15) is 53.5 Å². The fourth-order valence-corrected chi connectivity index (χ4v) is 3.26. The van der Waals surface area contributed by atoms with Crippen LogP contribution in [0.2, 0.25) is 0 Å². The molecule has 1 aromatic heterocycles. The number of hydrogen-bond donors (Lipinski definition) is 2. The number of hydrogen-bond acceptors (Lipinski definition) is 3. The third-order valence-electron chi connectivity index (χ3n) is 4.62. The number of halogens is 1. The van der Waals surface area contributed by atoms with Crippen molar-refractivity contribution in [3.05, 3.63) is 53.1 Å². The van der Waals surface area contributed by atoms with Gasteiger partial charge in [0.2, 0.25) is 0 Å². The SMILES string of the molecule is C[C@H](c1cccc(F)c1)N1CCC[C@@H](c2cc(C(N)=O)n[nH]2)C1. The molecule has 23 heavy (non-hydrogen) atoms. The first-order valence-electron chi connectivity index (χ1n) is 7.89. The van der Waals surface area contributed by atoms with Crippen molar-refractivity contribution in [2.24, 2.45) is 5.73 Å². The molecule has 0 saturated carbocycles. The molecule has 0 unspecified atom stereocenters. The zero-order valence-electron chi connectivity index (χ0n) is 13.1. The Morgan fingerprint density at radius 2 is 2.30 bits per heavy atom. The average molecular weight is 316 g/mol. The summed E-state index contributed by atoms with van der Waals surface area (Å²) in [7, 11) is 0. The van der Waals surface area contributed by atoms with Gasteiger partial charge in [0.05, 0.1) is 0 Å². The van der Waals surface area contributed by atoms with Crippen LogP contribution in [0.4, 0.5) is 4.39 Å². The normalized spacial score (nSPS) is 20.3. The molecule has 1 saturated heterocycles. The Morgan fingerprint density at radius 1 is 1.48 bits per heavy atom. The summed E-state index contributed by atoms with van der Waals surface area (Å²) in [5.41, 5.74) is 7.45. The molecule has 2 heterocycles. The van der Waals surface area contributed by atoms with E-state index in [1.54, 1.807) is 18.2 Å². The van der Waals surface area contributed by atoms with E-state index in [9.17, 15) is 9.18 Å². The monoisotopic (exact) mass is 316 g/mol. The highest BCUT2D eigenvalue weighted by atomic mass is 19.1. The quantitative estimate of drug-likeness (QED) is 0.910. The van der Waals surface area contributed by atoms with E-state index in [4.69, 9.17) is 5.73 Å². The Morgan fingerprint density at radius 3 is 3.00 bits per heavy atom. The van der Waals surface area contributed by atoms with Crippen LogP contribution >= 0.6 is 0 Å². The highest BCUT2D eigenvalue weighted by Crippen LogP contribution is 2.31. The molecule has 0 bridgehead atoms. The fraction of sp³-hybridized carbons (Fsp3) is 0.412. The topological polar surface area (TPSA) is 75.0 Å². The van der Waals surface area contributed by atoms with Crippen molar-refractivity contribution in [1.29, 1.82) is 0 Å². The van der Waals surface area contributed by atoms with Crippen LogP contribution in [0.15, 0.2) is 30.3 Å². The Hall–Kier alpha value is -2.21. The zero-order chi connectivity index (χ0) is 16.4. The van der Waals surface area contributed by atoms with Crippen LogP contribution in [0.25, 0.3) is 0 Å². The average Bonchev–Trinajstić information content (AvgIpc) is 3.04. The van der Waals surface area contributed by atoms with Crippen LogP contribution < -0.4 is 5.73 Å². The van der Waals surface area contributed by atoms with Crippen molar-refractivity contribution >= 4 is 5.91 Å². The third-order valence-corrected chi connectivity index (χ3v) is 4.62. The summed E-state index contributed by atoms with van der Waals surface area (Å²) >= 11 is 0. The summed E-state index contributed by atoms with van der Waals surface area (Å²) in [5, 5.41) is 6.89. The van der Waals surface area contributed by atoms with E-state index in [2.05, 4.69) is 22.0 Å². The Kier molecular flexibility index (Phi) is 4.43. The van der Waals surface area contributed by atoms with E-state index < -0.39 is 5.91 Å². The van der Waals surface area contributed by atoms with Crippen molar-refractivity contribution < 1.29 is 9.18 Å². The lowest BCUT2D eigenvalue weighted by Gasteiger charge is -2.36. The molecule has 5 nitrogen and oxygen atoms in total. The molecule has 1 aliphatic heterocycles. The first kappa shape index (κ1) is 15.7. The molecule has 6 heteroatoms. The smallest absolute Gasteiger partial charge is 0.269 e. The number of primary amides is 1. The number of piperidine rings is 1. The lowest BCUT2D eigenvalue weighted by molar-refractivity contribution is 0.0995. The summed E-state index contributed by atoms with van der Waals surface area (Å²) in [6.07, 6.45) is 2.09. The van der Waals surface area contributed by atoms with Gasteiger partial charge < -0.3 is 5.73 Å². The minimum atomic E-state index is -0.520. The number of benzene rings is 1. The molecule has 0 radical (unpaired) electrons. The molecule has 0 spiro atoms. The van der Waals surface area contributed by atoms with Crippen LogP contribution in [0.5, 0.6) is 0 Å². The first-order chi connectivity index (χ1) is 11.0.